The Bertz CT molecular complexity index is 475. The van der Waals surface area contributed by atoms with Crippen LogP contribution in [-0.4, -0.2) is 34.6 Å². The summed E-state index contributed by atoms with van der Waals surface area (Å²) in [6, 6.07) is 3.00. The van der Waals surface area contributed by atoms with Gasteiger partial charge in [0, 0.05) is 11.4 Å². The molecule has 1 aromatic heterocycles. The van der Waals surface area contributed by atoms with Gasteiger partial charge in [-0.2, -0.15) is 0 Å². The van der Waals surface area contributed by atoms with Gasteiger partial charge in [-0.05, 0) is 37.1 Å². The molecule has 0 bridgehead atoms. The second-order valence-electron chi connectivity index (χ2n) is 5.35. The number of piperidine rings is 1. The summed E-state index contributed by atoms with van der Waals surface area (Å²) in [5, 5.41) is 14.3. The van der Waals surface area contributed by atoms with E-state index in [0.29, 0.717) is 13.0 Å². The highest BCUT2D eigenvalue weighted by molar-refractivity contribution is 7.10. The van der Waals surface area contributed by atoms with E-state index in [2.05, 4.69) is 12.2 Å². The van der Waals surface area contributed by atoms with Gasteiger partial charge in [0.25, 0.3) is 0 Å². The second kappa shape index (κ2) is 7.45. The Morgan fingerprint density at radius 3 is 2.95 bits per heavy atom. The van der Waals surface area contributed by atoms with Gasteiger partial charge in [0.05, 0.1) is 6.04 Å². The third-order valence-corrected chi connectivity index (χ3v) is 4.80. The van der Waals surface area contributed by atoms with Crippen molar-refractivity contribution in [2.24, 2.45) is 0 Å². The topological polar surface area (TPSA) is 69.6 Å². The zero-order chi connectivity index (χ0) is 15.2. The van der Waals surface area contributed by atoms with Crippen LogP contribution in [0.3, 0.4) is 0 Å². The van der Waals surface area contributed by atoms with Crippen molar-refractivity contribution in [3.63, 3.8) is 0 Å². The van der Waals surface area contributed by atoms with Gasteiger partial charge in [-0.15, -0.1) is 11.3 Å². The Kier molecular flexibility index (Phi) is 5.61. The molecule has 1 saturated heterocycles. The van der Waals surface area contributed by atoms with Gasteiger partial charge in [0.1, 0.15) is 6.04 Å². The van der Waals surface area contributed by atoms with Crippen LogP contribution in [0, 0.1) is 0 Å². The number of carboxylic acid groups (broad SMARTS) is 1. The summed E-state index contributed by atoms with van der Waals surface area (Å²) in [6.45, 7) is 2.60. The third-order valence-electron chi connectivity index (χ3n) is 3.81. The van der Waals surface area contributed by atoms with Crippen molar-refractivity contribution >= 4 is 23.3 Å². The number of aliphatic carboxylic acids is 1. The van der Waals surface area contributed by atoms with Crippen molar-refractivity contribution in [2.75, 3.05) is 6.54 Å². The molecule has 0 radical (unpaired) electrons. The molecule has 0 spiro atoms. The highest BCUT2D eigenvalue weighted by Crippen LogP contribution is 2.24. The first-order valence-corrected chi connectivity index (χ1v) is 8.34. The van der Waals surface area contributed by atoms with Crippen molar-refractivity contribution in [2.45, 2.75) is 51.1 Å². The van der Waals surface area contributed by atoms with Crippen molar-refractivity contribution in [1.29, 1.82) is 0 Å². The molecular weight excluding hydrogens is 288 g/mol. The molecule has 2 atom stereocenters. The molecule has 2 rings (SSSR count). The van der Waals surface area contributed by atoms with E-state index in [-0.39, 0.29) is 12.1 Å². The quantitative estimate of drug-likeness (QED) is 0.877. The number of thiophene rings is 1. The highest BCUT2D eigenvalue weighted by atomic mass is 32.1. The minimum Gasteiger partial charge on any atom is -0.480 e. The number of hydrogen-bond donors (Lipinski definition) is 2. The van der Waals surface area contributed by atoms with E-state index >= 15 is 0 Å². The van der Waals surface area contributed by atoms with Gasteiger partial charge in [-0.1, -0.05) is 19.4 Å². The highest BCUT2D eigenvalue weighted by Gasteiger charge is 2.32. The smallest absolute Gasteiger partial charge is 0.326 e. The van der Waals surface area contributed by atoms with Crippen LogP contribution in [0.4, 0.5) is 4.79 Å². The summed E-state index contributed by atoms with van der Waals surface area (Å²) in [6.07, 6.45) is 4.10. The molecule has 2 unspecified atom stereocenters. The molecule has 0 saturated carbocycles. The van der Waals surface area contributed by atoms with E-state index in [1.165, 1.54) is 4.90 Å². The van der Waals surface area contributed by atoms with Crippen molar-refractivity contribution in [1.82, 2.24) is 10.2 Å². The lowest BCUT2D eigenvalue weighted by molar-refractivity contribution is -0.143. The van der Waals surface area contributed by atoms with Crippen LogP contribution in [0.15, 0.2) is 17.5 Å². The molecule has 2 amide bonds. The molecule has 1 aliphatic rings. The Morgan fingerprint density at radius 2 is 2.33 bits per heavy atom. The Hall–Kier alpha value is -1.56. The van der Waals surface area contributed by atoms with Crippen LogP contribution in [-0.2, 0) is 4.79 Å². The summed E-state index contributed by atoms with van der Waals surface area (Å²) < 4.78 is 0. The summed E-state index contributed by atoms with van der Waals surface area (Å²) >= 11 is 1.62. The number of likely N-dealkylation sites (tertiary alicyclic amines) is 1. The van der Waals surface area contributed by atoms with E-state index in [1.54, 1.807) is 11.3 Å². The maximum Gasteiger partial charge on any atom is 0.326 e. The van der Waals surface area contributed by atoms with E-state index in [4.69, 9.17) is 0 Å². The first-order chi connectivity index (χ1) is 10.1. The molecule has 1 aliphatic heterocycles. The van der Waals surface area contributed by atoms with Crippen LogP contribution in [0.5, 0.6) is 0 Å². The summed E-state index contributed by atoms with van der Waals surface area (Å²) in [7, 11) is 0. The largest absolute Gasteiger partial charge is 0.480 e. The molecule has 21 heavy (non-hydrogen) atoms. The van der Waals surface area contributed by atoms with Crippen molar-refractivity contribution in [3.8, 4) is 0 Å². The van der Waals surface area contributed by atoms with Gasteiger partial charge in [0.2, 0.25) is 0 Å². The van der Waals surface area contributed by atoms with Gasteiger partial charge in [0.15, 0.2) is 0 Å². The lowest BCUT2D eigenvalue weighted by atomic mass is 10.0. The molecule has 0 aliphatic carbocycles. The van der Waals surface area contributed by atoms with Crippen LogP contribution < -0.4 is 5.32 Å². The monoisotopic (exact) mass is 310 g/mol. The van der Waals surface area contributed by atoms with Crippen molar-refractivity contribution in [3.05, 3.63) is 22.4 Å². The summed E-state index contributed by atoms with van der Waals surface area (Å²) in [5.74, 6) is -0.909. The van der Waals surface area contributed by atoms with Gasteiger partial charge in [-0.3, -0.25) is 0 Å². The molecule has 116 valence electrons. The maximum absolute atomic E-state index is 12.4. The van der Waals surface area contributed by atoms with Crippen LogP contribution in [0.1, 0.15) is 49.9 Å². The number of carbonyl (C=O) groups excluding carboxylic acids is 1. The summed E-state index contributed by atoms with van der Waals surface area (Å²) in [4.78, 5) is 26.3. The number of nitrogens with zero attached hydrogens (tertiary/aromatic N) is 1. The normalized spacial score (nSPS) is 20.0. The zero-order valence-corrected chi connectivity index (χ0v) is 13.1. The molecule has 0 aromatic carbocycles. The van der Waals surface area contributed by atoms with Crippen molar-refractivity contribution < 1.29 is 14.7 Å². The number of urea groups is 1. The molecular formula is C15H22N2O3S. The minimum atomic E-state index is -0.909. The van der Waals surface area contributed by atoms with Gasteiger partial charge in [-0.25, -0.2) is 9.59 Å². The molecule has 2 N–H and O–H groups in total. The average molecular weight is 310 g/mol. The number of amides is 2. The first-order valence-electron chi connectivity index (χ1n) is 7.46. The maximum atomic E-state index is 12.4. The fourth-order valence-corrected chi connectivity index (χ4v) is 3.54. The lowest BCUT2D eigenvalue weighted by Crippen LogP contribution is -2.52. The Balaban J connectivity index is 2.05. The SMILES string of the molecule is CCCC(NC(=O)N1CCCCC1C(=O)O)c1cccs1. The standard InChI is InChI=1S/C15H22N2O3S/c1-2-6-11(13-8-5-10-21-13)16-15(20)17-9-4-3-7-12(17)14(18)19/h5,8,10-12H,2-4,6-7,9H2,1H3,(H,16,20)(H,18,19). The number of hydrogen-bond acceptors (Lipinski definition) is 3. The van der Waals surface area contributed by atoms with Crippen LogP contribution in [0.25, 0.3) is 0 Å². The average Bonchev–Trinajstić information content (AvgIpc) is 3.00. The minimum absolute atomic E-state index is 0.0288. The zero-order valence-electron chi connectivity index (χ0n) is 12.2. The lowest BCUT2D eigenvalue weighted by Gasteiger charge is -2.34. The second-order valence-corrected chi connectivity index (χ2v) is 6.33. The van der Waals surface area contributed by atoms with Gasteiger partial charge < -0.3 is 15.3 Å². The first kappa shape index (κ1) is 15.8. The number of carboxylic acids is 1. The molecule has 1 fully saturated rings. The molecule has 2 heterocycles. The van der Waals surface area contributed by atoms with Crippen LogP contribution >= 0.6 is 11.3 Å². The third kappa shape index (κ3) is 3.97. The fraction of sp³-hybridized carbons (Fsp3) is 0.600. The molecule has 5 nitrogen and oxygen atoms in total. The van der Waals surface area contributed by atoms with E-state index < -0.39 is 12.0 Å². The number of carbonyl (C=O) groups is 2. The van der Waals surface area contributed by atoms with E-state index in [1.807, 2.05) is 17.5 Å². The predicted molar refractivity (Wildman–Crippen MR) is 82.5 cm³/mol. The Morgan fingerprint density at radius 1 is 1.52 bits per heavy atom. The van der Waals surface area contributed by atoms with E-state index in [9.17, 15) is 14.7 Å². The molecule has 6 heteroatoms. The van der Waals surface area contributed by atoms with E-state index in [0.717, 1.165) is 30.6 Å². The van der Waals surface area contributed by atoms with Gasteiger partial charge >= 0.3 is 12.0 Å². The number of nitrogens with one attached hydrogen (secondary N) is 1. The summed E-state index contributed by atoms with van der Waals surface area (Å²) in [5.41, 5.74) is 0. The predicted octanol–water partition coefficient (Wildman–Crippen LogP) is 3.24. The molecule has 1 aromatic rings. The fourth-order valence-electron chi connectivity index (χ4n) is 2.73. The Labute approximate surface area is 129 Å². The van der Waals surface area contributed by atoms with Crippen LogP contribution in [0.2, 0.25) is 0 Å². The number of rotatable bonds is 5.